The minimum atomic E-state index is -0.707. The molecule has 3 aromatic rings. The van der Waals surface area contributed by atoms with Crippen molar-refractivity contribution < 1.29 is 13.6 Å². The van der Waals surface area contributed by atoms with E-state index in [1.807, 2.05) is 30.3 Å². The number of nitrogen functional groups attached to an aromatic ring is 1. The molecule has 0 spiro atoms. The molecular formula is C18H16F2N6OS. The largest absolute Gasteiger partial charge is 0.368 e. The van der Waals surface area contributed by atoms with Crippen molar-refractivity contribution >= 4 is 40.9 Å². The van der Waals surface area contributed by atoms with Gasteiger partial charge in [-0.25, -0.2) is 8.78 Å². The average molecular weight is 402 g/mol. The second-order valence-electron chi connectivity index (χ2n) is 5.59. The van der Waals surface area contributed by atoms with Crippen LogP contribution < -0.4 is 16.4 Å². The third-order valence-electron chi connectivity index (χ3n) is 3.40. The minimum Gasteiger partial charge on any atom is -0.368 e. The molecule has 0 saturated heterocycles. The molecule has 4 N–H and O–H groups in total. The molecule has 0 fully saturated rings. The number of aromatic nitrogens is 3. The van der Waals surface area contributed by atoms with Crippen molar-refractivity contribution in [1.29, 1.82) is 0 Å². The summed E-state index contributed by atoms with van der Waals surface area (Å²) in [6.45, 7) is 0. The van der Waals surface area contributed by atoms with E-state index in [9.17, 15) is 13.6 Å². The van der Waals surface area contributed by atoms with Crippen LogP contribution in [0.5, 0.6) is 0 Å². The maximum atomic E-state index is 13.5. The maximum Gasteiger partial charge on any atom is 0.234 e. The van der Waals surface area contributed by atoms with E-state index in [0.29, 0.717) is 11.8 Å². The fraction of sp³-hybridized carbons (Fsp3) is 0.111. The Kier molecular flexibility index (Phi) is 6.33. The average Bonchev–Trinajstić information content (AvgIpc) is 2.65. The van der Waals surface area contributed by atoms with Crippen molar-refractivity contribution in [3.63, 3.8) is 0 Å². The normalized spacial score (nSPS) is 10.5. The van der Waals surface area contributed by atoms with Gasteiger partial charge in [0, 0.05) is 11.8 Å². The third kappa shape index (κ3) is 5.61. The summed E-state index contributed by atoms with van der Waals surface area (Å²) >= 11 is 1.20. The number of carbonyl (C=O) groups excluding carboxylic acids is 1. The zero-order valence-corrected chi connectivity index (χ0v) is 15.3. The maximum absolute atomic E-state index is 13.5. The summed E-state index contributed by atoms with van der Waals surface area (Å²) in [6.07, 6.45) is 0. The van der Waals surface area contributed by atoms with Crippen LogP contribution in [0.1, 0.15) is 5.82 Å². The number of benzene rings is 2. The van der Waals surface area contributed by atoms with E-state index >= 15 is 0 Å². The second kappa shape index (κ2) is 9.09. The van der Waals surface area contributed by atoms with Crippen molar-refractivity contribution in [2.75, 3.05) is 22.1 Å². The number of para-hydroxylation sites is 1. The number of amides is 1. The topological polar surface area (TPSA) is 106 Å². The summed E-state index contributed by atoms with van der Waals surface area (Å²) in [5.41, 5.74) is 6.30. The molecule has 0 saturated carbocycles. The first-order valence-corrected chi connectivity index (χ1v) is 9.30. The lowest BCUT2D eigenvalue weighted by molar-refractivity contribution is -0.113. The third-order valence-corrected chi connectivity index (χ3v) is 4.32. The zero-order chi connectivity index (χ0) is 19.9. The van der Waals surface area contributed by atoms with Crippen LogP contribution in [0.25, 0.3) is 0 Å². The Morgan fingerprint density at radius 3 is 2.64 bits per heavy atom. The SMILES string of the molecule is Nc1nc(CSCC(=O)Nc2cc(F)ccc2F)nc(Nc2ccccc2)n1. The van der Waals surface area contributed by atoms with Gasteiger partial charge in [-0.1, -0.05) is 18.2 Å². The molecule has 3 rings (SSSR count). The van der Waals surface area contributed by atoms with Crippen LogP contribution >= 0.6 is 11.8 Å². The number of rotatable bonds is 7. The molecule has 0 bridgehead atoms. The number of halogens is 2. The zero-order valence-electron chi connectivity index (χ0n) is 14.5. The minimum absolute atomic E-state index is 0.00296. The summed E-state index contributed by atoms with van der Waals surface area (Å²) < 4.78 is 26.7. The van der Waals surface area contributed by atoms with Gasteiger partial charge in [0.2, 0.25) is 17.8 Å². The molecule has 7 nitrogen and oxygen atoms in total. The Labute approximate surface area is 163 Å². The standard InChI is InChI=1S/C18H16F2N6OS/c19-11-6-7-13(20)14(8-11)23-16(27)10-28-9-15-24-17(21)26-18(25-15)22-12-4-2-1-3-5-12/h1-8H,9-10H2,(H,23,27)(H3,21,22,24,25,26). The van der Waals surface area contributed by atoms with Gasteiger partial charge in [-0.05, 0) is 24.3 Å². The first-order chi connectivity index (χ1) is 13.5. The summed E-state index contributed by atoms with van der Waals surface area (Å²) in [7, 11) is 0. The van der Waals surface area contributed by atoms with Crippen LogP contribution in [0.15, 0.2) is 48.5 Å². The van der Waals surface area contributed by atoms with Gasteiger partial charge >= 0.3 is 0 Å². The smallest absolute Gasteiger partial charge is 0.234 e. The number of carbonyl (C=O) groups is 1. The lowest BCUT2D eigenvalue weighted by Gasteiger charge is -2.08. The van der Waals surface area contributed by atoms with Crippen LogP contribution in [0.2, 0.25) is 0 Å². The molecule has 0 aliphatic heterocycles. The Morgan fingerprint density at radius 2 is 1.86 bits per heavy atom. The molecule has 0 aliphatic rings. The Hall–Kier alpha value is -3.27. The van der Waals surface area contributed by atoms with E-state index in [4.69, 9.17) is 5.73 Å². The Bertz CT molecular complexity index is 974. The van der Waals surface area contributed by atoms with E-state index in [0.717, 1.165) is 23.9 Å². The number of nitrogens with two attached hydrogens (primary N) is 1. The van der Waals surface area contributed by atoms with Gasteiger partial charge in [0.05, 0.1) is 17.2 Å². The van der Waals surface area contributed by atoms with E-state index in [2.05, 4.69) is 25.6 Å². The van der Waals surface area contributed by atoms with Gasteiger partial charge in [0.1, 0.15) is 17.5 Å². The van der Waals surface area contributed by atoms with Gasteiger partial charge in [0.15, 0.2) is 0 Å². The number of hydrogen-bond acceptors (Lipinski definition) is 7. The Morgan fingerprint density at radius 1 is 1.07 bits per heavy atom. The molecule has 0 radical (unpaired) electrons. The van der Waals surface area contributed by atoms with Crippen molar-refractivity contribution in [1.82, 2.24) is 15.0 Å². The van der Waals surface area contributed by atoms with Crippen LogP contribution in [0.3, 0.4) is 0 Å². The van der Waals surface area contributed by atoms with Crippen molar-refractivity contribution in [3.05, 3.63) is 66.0 Å². The van der Waals surface area contributed by atoms with Crippen LogP contribution in [0, 0.1) is 11.6 Å². The number of anilines is 4. The molecule has 0 atom stereocenters. The van der Waals surface area contributed by atoms with E-state index in [-0.39, 0.29) is 23.1 Å². The summed E-state index contributed by atoms with van der Waals surface area (Å²) in [4.78, 5) is 24.3. The highest BCUT2D eigenvalue weighted by molar-refractivity contribution is 7.99. The van der Waals surface area contributed by atoms with Gasteiger partial charge < -0.3 is 16.4 Å². The van der Waals surface area contributed by atoms with Gasteiger partial charge in [-0.15, -0.1) is 11.8 Å². The molecule has 0 aliphatic carbocycles. The molecule has 1 amide bonds. The monoisotopic (exact) mass is 402 g/mol. The van der Waals surface area contributed by atoms with E-state index < -0.39 is 17.5 Å². The predicted octanol–water partition coefficient (Wildman–Crippen LogP) is 3.35. The highest BCUT2D eigenvalue weighted by atomic mass is 32.2. The fourth-order valence-corrected chi connectivity index (χ4v) is 2.89. The van der Waals surface area contributed by atoms with Crippen LogP contribution in [-0.2, 0) is 10.5 Å². The highest BCUT2D eigenvalue weighted by Crippen LogP contribution is 2.18. The van der Waals surface area contributed by atoms with Crippen molar-refractivity contribution in [2.24, 2.45) is 0 Å². The number of nitrogens with one attached hydrogen (secondary N) is 2. The summed E-state index contributed by atoms with van der Waals surface area (Å²) in [6, 6.07) is 12.2. The first-order valence-electron chi connectivity index (χ1n) is 8.15. The van der Waals surface area contributed by atoms with Gasteiger partial charge in [0.25, 0.3) is 0 Å². The number of hydrogen-bond donors (Lipinski definition) is 3. The fourth-order valence-electron chi connectivity index (χ4n) is 2.22. The lowest BCUT2D eigenvalue weighted by atomic mass is 10.3. The lowest BCUT2D eigenvalue weighted by Crippen LogP contribution is -2.15. The molecule has 144 valence electrons. The molecule has 1 aromatic heterocycles. The molecular weight excluding hydrogens is 386 g/mol. The quantitative estimate of drug-likeness (QED) is 0.556. The van der Waals surface area contributed by atoms with Crippen molar-refractivity contribution in [3.8, 4) is 0 Å². The molecule has 2 aromatic carbocycles. The van der Waals surface area contributed by atoms with Gasteiger partial charge in [-0.3, -0.25) is 4.79 Å². The van der Waals surface area contributed by atoms with E-state index in [1.54, 1.807) is 0 Å². The second-order valence-corrected chi connectivity index (χ2v) is 6.58. The van der Waals surface area contributed by atoms with Crippen LogP contribution in [-0.4, -0.2) is 26.6 Å². The van der Waals surface area contributed by atoms with Crippen LogP contribution in [0.4, 0.5) is 32.1 Å². The molecule has 1 heterocycles. The molecule has 0 unspecified atom stereocenters. The predicted molar refractivity (Wildman–Crippen MR) is 105 cm³/mol. The first kappa shape index (κ1) is 19.5. The Balaban J connectivity index is 1.55. The number of thioether (sulfide) groups is 1. The molecule has 28 heavy (non-hydrogen) atoms. The number of nitrogens with zero attached hydrogens (tertiary/aromatic N) is 3. The highest BCUT2D eigenvalue weighted by Gasteiger charge is 2.10. The summed E-state index contributed by atoms with van der Waals surface area (Å²) in [5, 5.41) is 5.35. The molecule has 10 heteroatoms. The van der Waals surface area contributed by atoms with Crippen molar-refractivity contribution in [2.45, 2.75) is 5.75 Å². The van der Waals surface area contributed by atoms with Gasteiger partial charge in [-0.2, -0.15) is 15.0 Å². The summed E-state index contributed by atoms with van der Waals surface area (Å²) in [5.74, 6) is -0.793. The van der Waals surface area contributed by atoms with E-state index in [1.165, 1.54) is 11.8 Å².